The van der Waals surface area contributed by atoms with Gasteiger partial charge < -0.3 is 11.1 Å². The van der Waals surface area contributed by atoms with Gasteiger partial charge in [-0.3, -0.25) is 4.79 Å². The van der Waals surface area contributed by atoms with Gasteiger partial charge in [-0.15, -0.1) is 12.4 Å². The van der Waals surface area contributed by atoms with Crippen molar-refractivity contribution in [1.29, 1.82) is 0 Å². The third kappa shape index (κ3) is 7.61. The maximum Gasteiger partial charge on any atom is 0.220 e. The summed E-state index contributed by atoms with van der Waals surface area (Å²) in [6.45, 7) is 4.98. The number of rotatable bonds is 5. The predicted molar refractivity (Wildman–Crippen MR) is 74.3 cm³/mol. The smallest absolute Gasteiger partial charge is 0.220 e. The van der Waals surface area contributed by atoms with Crippen LogP contribution in [0.1, 0.15) is 52.4 Å². The number of carbonyl (C=O) groups excluding carboxylic acids is 1. The van der Waals surface area contributed by atoms with Crippen molar-refractivity contribution in [3.05, 3.63) is 0 Å². The summed E-state index contributed by atoms with van der Waals surface area (Å²) < 4.78 is 0. The summed E-state index contributed by atoms with van der Waals surface area (Å²) >= 11 is 0. The van der Waals surface area contributed by atoms with Gasteiger partial charge in [0.25, 0.3) is 0 Å². The van der Waals surface area contributed by atoms with Crippen molar-refractivity contribution < 1.29 is 4.79 Å². The highest BCUT2D eigenvalue weighted by molar-refractivity contribution is 5.85. The van der Waals surface area contributed by atoms with Gasteiger partial charge in [-0.2, -0.15) is 0 Å². The van der Waals surface area contributed by atoms with Crippen LogP contribution in [0.5, 0.6) is 0 Å². The van der Waals surface area contributed by atoms with E-state index in [1.807, 2.05) is 6.92 Å². The zero-order valence-electron chi connectivity index (χ0n) is 11.1. The van der Waals surface area contributed by atoms with Crippen LogP contribution in [0.2, 0.25) is 0 Å². The lowest BCUT2D eigenvalue weighted by atomic mass is 9.81. The van der Waals surface area contributed by atoms with Crippen molar-refractivity contribution in [3.8, 4) is 0 Å². The van der Waals surface area contributed by atoms with E-state index in [1.54, 1.807) is 0 Å². The standard InChI is InChI=1S/C13H26N2O.ClH/c1-10-4-3-5-12(8-10)9-13(16)15-7-6-11(2)14;/h10-12H,3-9,14H2,1-2H3,(H,15,16);1H. The molecule has 3 N–H and O–H groups in total. The molecule has 0 spiro atoms. The van der Waals surface area contributed by atoms with E-state index in [1.165, 1.54) is 25.7 Å². The molecule has 4 heteroatoms. The Labute approximate surface area is 111 Å². The van der Waals surface area contributed by atoms with Crippen LogP contribution in [0.15, 0.2) is 0 Å². The lowest BCUT2D eigenvalue weighted by molar-refractivity contribution is -0.122. The number of halogens is 1. The zero-order valence-corrected chi connectivity index (χ0v) is 11.9. The number of nitrogens with two attached hydrogens (primary N) is 1. The molecule has 0 aliphatic heterocycles. The van der Waals surface area contributed by atoms with E-state index in [0.29, 0.717) is 12.3 Å². The molecule has 1 rings (SSSR count). The molecule has 17 heavy (non-hydrogen) atoms. The molecule has 3 atom stereocenters. The highest BCUT2D eigenvalue weighted by Crippen LogP contribution is 2.30. The fourth-order valence-electron chi connectivity index (χ4n) is 2.52. The second-order valence-corrected chi connectivity index (χ2v) is 5.46. The van der Waals surface area contributed by atoms with Crippen LogP contribution in [0.3, 0.4) is 0 Å². The van der Waals surface area contributed by atoms with Gasteiger partial charge in [-0.05, 0) is 38.0 Å². The second kappa shape index (κ2) is 8.76. The van der Waals surface area contributed by atoms with Crippen LogP contribution < -0.4 is 11.1 Å². The first-order valence-corrected chi connectivity index (χ1v) is 6.60. The minimum absolute atomic E-state index is 0. The minimum atomic E-state index is 0. The largest absolute Gasteiger partial charge is 0.356 e. The number of carbonyl (C=O) groups is 1. The average Bonchev–Trinajstić information content (AvgIpc) is 2.16. The van der Waals surface area contributed by atoms with Crippen LogP contribution >= 0.6 is 12.4 Å². The molecule has 0 bridgehead atoms. The fraction of sp³-hybridized carbons (Fsp3) is 0.923. The molecule has 0 radical (unpaired) electrons. The lowest BCUT2D eigenvalue weighted by Crippen LogP contribution is -2.31. The number of amides is 1. The predicted octanol–water partition coefficient (Wildman–Crippen LogP) is 2.48. The van der Waals surface area contributed by atoms with Gasteiger partial charge in [0, 0.05) is 19.0 Å². The van der Waals surface area contributed by atoms with E-state index in [-0.39, 0.29) is 24.4 Å². The molecule has 0 heterocycles. The van der Waals surface area contributed by atoms with Gasteiger partial charge in [0.05, 0.1) is 0 Å². The summed E-state index contributed by atoms with van der Waals surface area (Å²) in [6, 6.07) is 0.176. The van der Waals surface area contributed by atoms with Crippen LogP contribution in [-0.2, 0) is 4.79 Å². The Bertz CT molecular complexity index is 221. The SMILES string of the molecule is CC(N)CCNC(=O)CC1CCCC(C)C1.Cl. The van der Waals surface area contributed by atoms with E-state index in [4.69, 9.17) is 5.73 Å². The molecule has 3 nitrogen and oxygen atoms in total. The van der Waals surface area contributed by atoms with Crippen LogP contribution in [0, 0.1) is 11.8 Å². The summed E-state index contributed by atoms with van der Waals surface area (Å²) in [7, 11) is 0. The summed E-state index contributed by atoms with van der Waals surface area (Å²) in [4.78, 5) is 11.6. The summed E-state index contributed by atoms with van der Waals surface area (Å²) in [5.74, 6) is 1.62. The molecule has 1 fully saturated rings. The third-order valence-corrected chi connectivity index (χ3v) is 3.44. The lowest BCUT2D eigenvalue weighted by Gasteiger charge is -2.26. The Morgan fingerprint density at radius 1 is 1.47 bits per heavy atom. The van der Waals surface area contributed by atoms with Crippen molar-refractivity contribution in [2.24, 2.45) is 17.6 Å². The molecule has 1 aliphatic carbocycles. The third-order valence-electron chi connectivity index (χ3n) is 3.44. The zero-order chi connectivity index (χ0) is 12.0. The second-order valence-electron chi connectivity index (χ2n) is 5.46. The topological polar surface area (TPSA) is 55.1 Å². The van der Waals surface area contributed by atoms with Gasteiger partial charge in [0.15, 0.2) is 0 Å². The van der Waals surface area contributed by atoms with Crippen LogP contribution in [0.25, 0.3) is 0 Å². The molecule has 3 unspecified atom stereocenters. The Balaban J connectivity index is 0.00000256. The Morgan fingerprint density at radius 3 is 2.76 bits per heavy atom. The highest BCUT2D eigenvalue weighted by atomic mass is 35.5. The van der Waals surface area contributed by atoms with Crippen molar-refractivity contribution in [2.75, 3.05) is 6.54 Å². The van der Waals surface area contributed by atoms with Crippen molar-refractivity contribution >= 4 is 18.3 Å². The minimum Gasteiger partial charge on any atom is -0.356 e. The molecule has 1 saturated carbocycles. The van der Waals surface area contributed by atoms with Gasteiger partial charge in [0.2, 0.25) is 5.91 Å². The van der Waals surface area contributed by atoms with Crippen molar-refractivity contribution in [2.45, 2.75) is 58.4 Å². The van der Waals surface area contributed by atoms with Gasteiger partial charge in [-0.25, -0.2) is 0 Å². The molecule has 0 aromatic rings. The maximum atomic E-state index is 11.6. The van der Waals surface area contributed by atoms with Crippen LogP contribution in [0.4, 0.5) is 0 Å². The maximum absolute atomic E-state index is 11.6. The first-order valence-electron chi connectivity index (χ1n) is 6.60. The number of nitrogens with one attached hydrogen (secondary N) is 1. The quantitative estimate of drug-likeness (QED) is 0.800. The first-order chi connectivity index (χ1) is 7.58. The van der Waals surface area contributed by atoms with Crippen LogP contribution in [-0.4, -0.2) is 18.5 Å². The summed E-state index contributed by atoms with van der Waals surface area (Å²) in [5, 5.41) is 2.96. The number of hydrogen-bond acceptors (Lipinski definition) is 2. The molecule has 1 amide bonds. The Morgan fingerprint density at radius 2 is 2.18 bits per heavy atom. The Kier molecular flexibility index (Phi) is 8.61. The van der Waals surface area contributed by atoms with Gasteiger partial charge in [-0.1, -0.05) is 19.8 Å². The summed E-state index contributed by atoms with van der Waals surface area (Å²) in [6.07, 6.45) is 6.66. The molecule has 0 aromatic heterocycles. The average molecular weight is 263 g/mol. The van der Waals surface area contributed by atoms with E-state index >= 15 is 0 Å². The molecular formula is C13H27ClN2O. The van der Waals surface area contributed by atoms with Gasteiger partial charge >= 0.3 is 0 Å². The monoisotopic (exact) mass is 262 g/mol. The normalized spacial score (nSPS) is 25.8. The summed E-state index contributed by atoms with van der Waals surface area (Å²) in [5.41, 5.74) is 5.63. The van der Waals surface area contributed by atoms with Gasteiger partial charge in [0.1, 0.15) is 0 Å². The molecule has 102 valence electrons. The molecule has 0 saturated heterocycles. The van der Waals surface area contributed by atoms with Crippen molar-refractivity contribution in [1.82, 2.24) is 5.32 Å². The van der Waals surface area contributed by atoms with E-state index in [0.717, 1.165) is 18.9 Å². The van der Waals surface area contributed by atoms with E-state index < -0.39 is 0 Å². The first kappa shape index (κ1) is 16.7. The molecular weight excluding hydrogens is 236 g/mol. The molecule has 1 aliphatic rings. The highest BCUT2D eigenvalue weighted by Gasteiger charge is 2.20. The number of hydrogen-bond donors (Lipinski definition) is 2. The van der Waals surface area contributed by atoms with E-state index in [9.17, 15) is 4.79 Å². The Hall–Kier alpha value is -0.280. The fourth-order valence-corrected chi connectivity index (χ4v) is 2.52. The van der Waals surface area contributed by atoms with Crippen molar-refractivity contribution in [3.63, 3.8) is 0 Å². The molecule has 0 aromatic carbocycles. The van der Waals surface area contributed by atoms with E-state index in [2.05, 4.69) is 12.2 Å².